The van der Waals surface area contributed by atoms with Crippen molar-refractivity contribution >= 4 is 35.1 Å². The monoisotopic (exact) mass is 356 g/mol. The van der Waals surface area contributed by atoms with Crippen LogP contribution in [0.1, 0.15) is 31.7 Å². The van der Waals surface area contributed by atoms with Crippen molar-refractivity contribution in [1.29, 1.82) is 0 Å². The fourth-order valence-corrected chi connectivity index (χ4v) is 3.95. The van der Waals surface area contributed by atoms with Gasteiger partial charge >= 0.3 is 6.03 Å². The third kappa shape index (κ3) is 3.05. The van der Waals surface area contributed by atoms with Crippen molar-refractivity contribution in [3.8, 4) is 0 Å². The number of nitrogens with zero attached hydrogens (tertiary/aromatic N) is 1. The first-order chi connectivity index (χ1) is 10.9. The van der Waals surface area contributed by atoms with Gasteiger partial charge in [-0.25, -0.2) is 9.69 Å². The van der Waals surface area contributed by atoms with E-state index in [1.54, 1.807) is 25.1 Å². The van der Waals surface area contributed by atoms with Crippen LogP contribution in [0.5, 0.6) is 0 Å². The molecule has 124 valence electrons. The smallest absolute Gasteiger partial charge is 0.319 e. The average Bonchev–Trinajstić information content (AvgIpc) is 2.72. The maximum absolute atomic E-state index is 12.9. The SMILES string of the molecule is C[C@]1(c2ccc(Cl)cc2Cl)NC(=O)N(C[NH+]2CCCCC2)C1=O. The molecule has 2 aliphatic rings. The summed E-state index contributed by atoms with van der Waals surface area (Å²) in [6.07, 6.45) is 3.50. The van der Waals surface area contributed by atoms with Crippen LogP contribution >= 0.6 is 23.2 Å². The molecule has 2 N–H and O–H groups in total. The highest BCUT2D eigenvalue weighted by Gasteiger charge is 2.51. The van der Waals surface area contributed by atoms with E-state index in [4.69, 9.17) is 23.2 Å². The van der Waals surface area contributed by atoms with Gasteiger partial charge in [0.2, 0.25) is 0 Å². The highest BCUT2D eigenvalue weighted by atomic mass is 35.5. The molecule has 23 heavy (non-hydrogen) atoms. The number of hydrogen-bond donors (Lipinski definition) is 2. The van der Waals surface area contributed by atoms with Crippen LogP contribution in [0.2, 0.25) is 10.0 Å². The minimum absolute atomic E-state index is 0.259. The second-order valence-electron chi connectivity index (χ2n) is 6.38. The first kappa shape index (κ1) is 16.6. The predicted molar refractivity (Wildman–Crippen MR) is 88.6 cm³/mol. The quantitative estimate of drug-likeness (QED) is 0.811. The third-order valence-electron chi connectivity index (χ3n) is 4.69. The second-order valence-corrected chi connectivity index (χ2v) is 7.22. The number of rotatable bonds is 3. The summed E-state index contributed by atoms with van der Waals surface area (Å²) in [4.78, 5) is 27.8. The largest absolute Gasteiger partial charge is 0.329 e. The standard InChI is InChI=1S/C16H19Cl2N3O2/c1-16(12-6-5-11(17)9-13(12)18)14(22)21(15(23)19-16)10-20-7-3-2-4-8-20/h5-6,9H,2-4,7-8,10H2,1H3,(H,19,23)/p+1/t16-/m1/s1. The van der Waals surface area contributed by atoms with Gasteiger partial charge in [0.15, 0.2) is 6.67 Å². The molecular formula is C16H20Cl2N3O2+. The molecule has 0 aliphatic carbocycles. The van der Waals surface area contributed by atoms with Crippen LogP contribution in [0.3, 0.4) is 0 Å². The van der Waals surface area contributed by atoms with E-state index in [2.05, 4.69) is 5.32 Å². The van der Waals surface area contributed by atoms with Crippen molar-refractivity contribution in [3.05, 3.63) is 33.8 Å². The molecule has 0 radical (unpaired) electrons. The lowest BCUT2D eigenvalue weighted by atomic mass is 9.92. The van der Waals surface area contributed by atoms with Gasteiger partial charge < -0.3 is 10.2 Å². The van der Waals surface area contributed by atoms with Crippen molar-refractivity contribution in [3.63, 3.8) is 0 Å². The van der Waals surface area contributed by atoms with Gasteiger partial charge in [-0.05, 0) is 38.3 Å². The van der Waals surface area contributed by atoms with Crippen LogP contribution in [0.25, 0.3) is 0 Å². The highest BCUT2D eigenvalue weighted by molar-refractivity contribution is 6.35. The summed E-state index contributed by atoms with van der Waals surface area (Å²) in [5, 5.41) is 3.66. The Morgan fingerprint density at radius 3 is 2.57 bits per heavy atom. The maximum Gasteiger partial charge on any atom is 0.329 e. The number of imide groups is 1. The summed E-state index contributed by atoms with van der Waals surface area (Å²) in [6.45, 7) is 4.09. The van der Waals surface area contributed by atoms with Crippen LogP contribution in [-0.4, -0.2) is 36.6 Å². The number of urea groups is 1. The molecule has 1 aromatic carbocycles. The Kier molecular flexibility index (Phi) is 4.54. The molecule has 2 heterocycles. The Hall–Kier alpha value is -1.30. The van der Waals surface area contributed by atoms with Crippen LogP contribution in [0.15, 0.2) is 18.2 Å². The zero-order valence-electron chi connectivity index (χ0n) is 13.0. The van der Waals surface area contributed by atoms with E-state index >= 15 is 0 Å². The fraction of sp³-hybridized carbons (Fsp3) is 0.500. The zero-order chi connectivity index (χ0) is 16.6. The molecule has 2 aliphatic heterocycles. The van der Waals surface area contributed by atoms with E-state index in [1.807, 2.05) is 0 Å². The van der Waals surface area contributed by atoms with Crippen LogP contribution in [0.4, 0.5) is 4.79 Å². The number of likely N-dealkylation sites (tertiary alicyclic amines) is 1. The van der Waals surface area contributed by atoms with Crippen molar-refractivity contribution in [1.82, 2.24) is 10.2 Å². The van der Waals surface area contributed by atoms with Gasteiger partial charge in [0.1, 0.15) is 5.54 Å². The summed E-state index contributed by atoms with van der Waals surface area (Å²) in [5.74, 6) is -0.259. The van der Waals surface area contributed by atoms with E-state index in [0.717, 1.165) is 25.9 Å². The van der Waals surface area contributed by atoms with E-state index in [9.17, 15) is 9.59 Å². The van der Waals surface area contributed by atoms with E-state index in [0.29, 0.717) is 22.3 Å². The van der Waals surface area contributed by atoms with Crippen molar-refractivity contribution in [2.75, 3.05) is 19.8 Å². The van der Waals surface area contributed by atoms with E-state index in [1.165, 1.54) is 16.2 Å². The summed E-state index contributed by atoms with van der Waals surface area (Å²) < 4.78 is 0. The molecule has 0 spiro atoms. The number of amides is 3. The summed E-state index contributed by atoms with van der Waals surface area (Å²) in [7, 11) is 0. The van der Waals surface area contributed by atoms with Gasteiger partial charge in [-0.3, -0.25) is 4.79 Å². The number of quaternary nitrogens is 1. The molecule has 0 saturated carbocycles. The number of piperidine rings is 1. The van der Waals surface area contributed by atoms with Crippen molar-refractivity contribution in [2.45, 2.75) is 31.7 Å². The summed E-state index contributed by atoms with van der Waals surface area (Å²) >= 11 is 12.2. The van der Waals surface area contributed by atoms with Crippen LogP contribution in [0, 0.1) is 0 Å². The fourth-order valence-electron chi connectivity index (χ4n) is 3.35. The number of halogens is 2. The van der Waals surface area contributed by atoms with Gasteiger partial charge in [0, 0.05) is 15.6 Å². The van der Waals surface area contributed by atoms with E-state index < -0.39 is 5.54 Å². The Labute approximate surface area is 145 Å². The number of carbonyl (C=O) groups excluding carboxylic acids is 2. The average molecular weight is 357 g/mol. The van der Waals surface area contributed by atoms with Gasteiger partial charge in [-0.2, -0.15) is 0 Å². The molecule has 0 unspecified atom stereocenters. The molecule has 7 heteroatoms. The van der Waals surface area contributed by atoms with Crippen LogP contribution in [-0.2, 0) is 10.3 Å². The first-order valence-electron chi connectivity index (χ1n) is 7.85. The summed E-state index contributed by atoms with van der Waals surface area (Å²) in [6, 6.07) is 4.59. The summed E-state index contributed by atoms with van der Waals surface area (Å²) in [5.41, 5.74) is -0.577. The molecule has 1 aromatic rings. The lowest BCUT2D eigenvalue weighted by Crippen LogP contribution is -3.14. The molecule has 5 nitrogen and oxygen atoms in total. The lowest BCUT2D eigenvalue weighted by molar-refractivity contribution is -0.912. The molecule has 0 aromatic heterocycles. The zero-order valence-corrected chi connectivity index (χ0v) is 14.5. The number of benzene rings is 1. The molecule has 2 fully saturated rings. The van der Waals surface area contributed by atoms with Gasteiger partial charge in [-0.1, -0.05) is 29.3 Å². The molecular weight excluding hydrogens is 337 g/mol. The maximum atomic E-state index is 12.9. The van der Waals surface area contributed by atoms with Gasteiger partial charge in [0.05, 0.1) is 13.1 Å². The number of nitrogens with one attached hydrogen (secondary N) is 2. The Morgan fingerprint density at radius 2 is 1.91 bits per heavy atom. The van der Waals surface area contributed by atoms with Gasteiger partial charge in [-0.15, -0.1) is 0 Å². The first-order valence-corrected chi connectivity index (χ1v) is 8.60. The highest BCUT2D eigenvalue weighted by Crippen LogP contribution is 2.34. The minimum atomic E-state index is -1.14. The molecule has 3 amide bonds. The lowest BCUT2D eigenvalue weighted by Gasteiger charge is -2.27. The third-order valence-corrected chi connectivity index (χ3v) is 5.23. The topological polar surface area (TPSA) is 53.9 Å². The normalized spacial score (nSPS) is 25.8. The number of hydrogen-bond acceptors (Lipinski definition) is 2. The molecule has 1 atom stereocenters. The van der Waals surface area contributed by atoms with Crippen LogP contribution < -0.4 is 10.2 Å². The Balaban J connectivity index is 1.84. The molecule has 3 rings (SSSR count). The predicted octanol–water partition coefficient (Wildman–Crippen LogP) is 1.79. The number of carbonyl (C=O) groups is 2. The Bertz CT molecular complexity index is 646. The minimum Gasteiger partial charge on any atom is -0.319 e. The second kappa shape index (κ2) is 6.30. The molecule has 2 saturated heterocycles. The van der Waals surface area contributed by atoms with E-state index in [-0.39, 0.29) is 11.9 Å². The van der Waals surface area contributed by atoms with Crippen molar-refractivity contribution in [2.24, 2.45) is 0 Å². The van der Waals surface area contributed by atoms with Crippen molar-refractivity contribution < 1.29 is 14.5 Å². The Morgan fingerprint density at radius 1 is 1.22 bits per heavy atom. The van der Waals surface area contributed by atoms with Gasteiger partial charge in [0.25, 0.3) is 5.91 Å². The molecule has 0 bridgehead atoms.